The standard InChI is InChI=1S/C19H28N6O2/c1-23(2)12-13-24-14-15(8-9-18(24)26)19(27)20-10-5-11-25-17-7-4-3-6-16(17)21-22-25/h3-4,6-7,15H,5,8-14H2,1-2H3,(H,20,27)/t15-/m0/s1. The number of aryl methyl sites for hydroxylation is 1. The van der Waals surface area contributed by atoms with E-state index in [9.17, 15) is 9.59 Å². The second-order valence-electron chi connectivity index (χ2n) is 7.32. The van der Waals surface area contributed by atoms with Crippen LogP contribution in [0.4, 0.5) is 0 Å². The van der Waals surface area contributed by atoms with Gasteiger partial charge in [-0.15, -0.1) is 5.10 Å². The van der Waals surface area contributed by atoms with E-state index >= 15 is 0 Å². The van der Waals surface area contributed by atoms with Crippen molar-refractivity contribution >= 4 is 22.8 Å². The van der Waals surface area contributed by atoms with Crippen LogP contribution in [-0.2, 0) is 16.1 Å². The van der Waals surface area contributed by atoms with E-state index in [1.807, 2.05) is 52.8 Å². The van der Waals surface area contributed by atoms with E-state index in [-0.39, 0.29) is 17.7 Å². The third-order valence-corrected chi connectivity index (χ3v) is 4.95. The van der Waals surface area contributed by atoms with Crippen LogP contribution in [-0.4, -0.2) is 76.9 Å². The number of nitrogens with one attached hydrogen (secondary N) is 1. The molecule has 2 amide bonds. The van der Waals surface area contributed by atoms with Crippen molar-refractivity contribution in [3.63, 3.8) is 0 Å². The second-order valence-corrected chi connectivity index (χ2v) is 7.32. The lowest BCUT2D eigenvalue weighted by molar-refractivity contribution is -0.138. The van der Waals surface area contributed by atoms with E-state index in [0.29, 0.717) is 39.0 Å². The highest BCUT2D eigenvalue weighted by atomic mass is 16.2. The van der Waals surface area contributed by atoms with Crippen LogP contribution in [0.2, 0.25) is 0 Å². The summed E-state index contributed by atoms with van der Waals surface area (Å²) in [6.07, 6.45) is 1.88. The molecule has 2 aromatic rings. The largest absolute Gasteiger partial charge is 0.356 e. The molecule has 0 aliphatic carbocycles. The number of piperidine rings is 1. The van der Waals surface area contributed by atoms with Crippen molar-refractivity contribution in [1.82, 2.24) is 30.1 Å². The monoisotopic (exact) mass is 372 g/mol. The molecule has 0 radical (unpaired) electrons. The molecule has 0 unspecified atom stereocenters. The molecule has 0 bridgehead atoms. The van der Waals surface area contributed by atoms with E-state index in [1.165, 1.54) is 0 Å². The number of likely N-dealkylation sites (N-methyl/N-ethyl adjacent to an activating group) is 1. The van der Waals surface area contributed by atoms with Crippen LogP contribution in [0.25, 0.3) is 11.0 Å². The van der Waals surface area contributed by atoms with Gasteiger partial charge in [0.25, 0.3) is 0 Å². The quantitative estimate of drug-likeness (QED) is 0.691. The number of para-hydroxylation sites is 1. The van der Waals surface area contributed by atoms with E-state index in [2.05, 4.69) is 15.6 Å². The molecule has 1 aliphatic heterocycles. The number of amides is 2. The van der Waals surface area contributed by atoms with Crippen molar-refractivity contribution < 1.29 is 9.59 Å². The van der Waals surface area contributed by atoms with Crippen LogP contribution in [0.15, 0.2) is 24.3 Å². The number of benzene rings is 1. The molecule has 8 heteroatoms. The van der Waals surface area contributed by atoms with Crippen LogP contribution < -0.4 is 5.32 Å². The Morgan fingerprint density at radius 1 is 1.30 bits per heavy atom. The zero-order chi connectivity index (χ0) is 19.2. The number of hydrogen-bond donors (Lipinski definition) is 1. The van der Waals surface area contributed by atoms with Gasteiger partial charge < -0.3 is 15.1 Å². The summed E-state index contributed by atoms with van der Waals surface area (Å²) >= 11 is 0. The summed E-state index contributed by atoms with van der Waals surface area (Å²) in [5.74, 6) is 0.0804. The Bertz CT molecular complexity index is 787. The summed E-state index contributed by atoms with van der Waals surface area (Å²) in [5.41, 5.74) is 1.89. The van der Waals surface area contributed by atoms with Crippen LogP contribution >= 0.6 is 0 Å². The van der Waals surface area contributed by atoms with Gasteiger partial charge in [-0.3, -0.25) is 9.59 Å². The summed E-state index contributed by atoms with van der Waals surface area (Å²) in [6, 6.07) is 7.84. The first-order valence-electron chi connectivity index (χ1n) is 9.53. The van der Waals surface area contributed by atoms with Gasteiger partial charge in [-0.05, 0) is 39.1 Å². The first-order valence-corrected chi connectivity index (χ1v) is 9.53. The average Bonchev–Trinajstić information content (AvgIpc) is 3.07. The molecule has 1 aromatic heterocycles. The van der Waals surface area contributed by atoms with Crippen molar-refractivity contribution in [2.75, 3.05) is 40.3 Å². The van der Waals surface area contributed by atoms with Gasteiger partial charge in [-0.2, -0.15) is 0 Å². The maximum atomic E-state index is 12.5. The van der Waals surface area contributed by atoms with Crippen LogP contribution in [0, 0.1) is 5.92 Å². The zero-order valence-corrected chi connectivity index (χ0v) is 16.1. The maximum Gasteiger partial charge on any atom is 0.224 e. The van der Waals surface area contributed by atoms with Crippen molar-refractivity contribution in [3.8, 4) is 0 Å². The minimum absolute atomic E-state index is 0.0424. The first-order chi connectivity index (χ1) is 13.0. The first kappa shape index (κ1) is 19.3. The molecule has 2 heterocycles. The van der Waals surface area contributed by atoms with Gasteiger partial charge in [0.15, 0.2) is 0 Å². The highest BCUT2D eigenvalue weighted by Gasteiger charge is 2.29. The maximum absolute atomic E-state index is 12.5. The summed E-state index contributed by atoms with van der Waals surface area (Å²) in [4.78, 5) is 28.4. The van der Waals surface area contributed by atoms with E-state index < -0.39 is 0 Å². The molecule has 146 valence electrons. The Morgan fingerprint density at radius 2 is 2.11 bits per heavy atom. The molecular weight excluding hydrogens is 344 g/mol. The molecule has 8 nitrogen and oxygen atoms in total. The molecule has 1 saturated heterocycles. The predicted molar refractivity (Wildman–Crippen MR) is 103 cm³/mol. The van der Waals surface area contributed by atoms with Gasteiger partial charge in [0.1, 0.15) is 5.52 Å². The van der Waals surface area contributed by atoms with E-state index in [0.717, 1.165) is 24.0 Å². The number of aromatic nitrogens is 3. The van der Waals surface area contributed by atoms with Gasteiger partial charge in [0.05, 0.1) is 11.4 Å². The van der Waals surface area contributed by atoms with Crippen molar-refractivity contribution in [1.29, 1.82) is 0 Å². The van der Waals surface area contributed by atoms with Gasteiger partial charge >= 0.3 is 0 Å². The Balaban J connectivity index is 1.43. The Morgan fingerprint density at radius 3 is 2.93 bits per heavy atom. The van der Waals surface area contributed by atoms with Gasteiger partial charge in [0, 0.05) is 39.1 Å². The Kier molecular flexibility index (Phi) is 6.39. The number of nitrogens with zero attached hydrogens (tertiary/aromatic N) is 5. The van der Waals surface area contributed by atoms with E-state index in [1.54, 1.807) is 0 Å². The third kappa shape index (κ3) is 5.03. The Labute approximate surface area is 159 Å². The third-order valence-electron chi connectivity index (χ3n) is 4.95. The van der Waals surface area contributed by atoms with Gasteiger partial charge in [-0.1, -0.05) is 17.3 Å². The molecule has 27 heavy (non-hydrogen) atoms. The smallest absolute Gasteiger partial charge is 0.224 e. The summed E-state index contributed by atoms with van der Waals surface area (Å²) < 4.78 is 1.86. The lowest BCUT2D eigenvalue weighted by atomic mass is 9.96. The van der Waals surface area contributed by atoms with Crippen LogP contribution in [0.1, 0.15) is 19.3 Å². The lowest BCUT2D eigenvalue weighted by Gasteiger charge is -2.32. The highest BCUT2D eigenvalue weighted by Crippen LogP contribution is 2.17. The fourth-order valence-electron chi connectivity index (χ4n) is 3.33. The minimum atomic E-state index is -0.114. The molecule has 3 rings (SSSR count). The SMILES string of the molecule is CN(C)CCN1C[C@@H](C(=O)NCCCn2nnc3ccccc32)CCC1=O. The number of carbonyl (C=O) groups excluding carboxylic acids is 2. The van der Waals surface area contributed by atoms with Crippen LogP contribution in [0.3, 0.4) is 0 Å². The fourth-order valence-corrected chi connectivity index (χ4v) is 3.33. The number of hydrogen-bond acceptors (Lipinski definition) is 5. The topological polar surface area (TPSA) is 83.4 Å². The molecule has 1 N–H and O–H groups in total. The molecule has 0 spiro atoms. The minimum Gasteiger partial charge on any atom is -0.356 e. The molecule has 1 aliphatic rings. The number of fused-ring (bicyclic) bond motifs is 1. The van der Waals surface area contributed by atoms with Gasteiger partial charge in [-0.25, -0.2) is 4.68 Å². The van der Waals surface area contributed by atoms with E-state index in [4.69, 9.17) is 0 Å². The number of rotatable bonds is 8. The average molecular weight is 372 g/mol. The molecule has 1 aromatic carbocycles. The normalized spacial score (nSPS) is 17.7. The number of carbonyl (C=O) groups is 2. The fraction of sp³-hybridized carbons (Fsp3) is 0.579. The van der Waals surface area contributed by atoms with Crippen LogP contribution in [0.5, 0.6) is 0 Å². The summed E-state index contributed by atoms with van der Waals surface area (Å²) in [5, 5.41) is 11.3. The molecule has 1 atom stereocenters. The number of likely N-dealkylation sites (tertiary alicyclic amines) is 1. The lowest BCUT2D eigenvalue weighted by Crippen LogP contribution is -2.47. The van der Waals surface area contributed by atoms with Crippen molar-refractivity contribution in [3.05, 3.63) is 24.3 Å². The second kappa shape index (κ2) is 8.94. The molecular formula is C19H28N6O2. The predicted octanol–water partition coefficient (Wildman–Crippen LogP) is 0.738. The molecule has 1 fully saturated rings. The highest BCUT2D eigenvalue weighted by molar-refractivity contribution is 5.83. The summed E-state index contributed by atoms with van der Waals surface area (Å²) in [7, 11) is 3.97. The van der Waals surface area contributed by atoms with Crippen molar-refractivity contribution in [2.45, 2.75) is 25.8 Å². The van der Waals surface area contributed by atoms with Gasteiger partial charge in [0.2, 0.25) is 11.8 Å². The molecule has 0 saturated carbocycles. The zero-order valence-electron chi connectivity index (χ0n) is 16.1. The van der Waals surface area contributed by atoms with Crippen molar-refractivity contribution in [2.24, 2.45) is 5.92 Å². The summed E-state index contributed by atoms with van der Waals surface area (Å²) in [6.45, 7) is 3.31. The Hall–Kier alpha value is -2.48.